The maximum absolute atomic E-state index is 12.3. The lowest BCUT2D eigenvalue weighted by atomic mass is 9.86. The SMILES string of the molecule is COc1cc2c(c(O)c1Oc1c(OC(C)=O)c(OC)cc3c1[C@@H](CC(C)C)N(C)CC3)[C@@H](CC(C)C)N(C)CC2. The predicted octanol–water partition coefficient (Wildman–Crippen LogP) is 6.28. The van der Waals surface area contributed by atoms with Gasteiger partial charge in [-0.15, -0.1) is 0 Å². The first kappa shape index (κ1) is 30.0. The number of hydrogen-bond donors (Lipinski definition) is 1. The van der Waals surface area contributed by atoms with Crippen molar-refractivity contribution in [2.45, 2.75) is 72.4 Å². The number of carbonyl (C=O) groups excluding carboxylic acids is 1. The molecule has 40 heavy (non-hydrogen) atoms. The van der Waals surface area contributed by atoms with Crippen molar-refractivity contribution in [3.05, 3.63) is 34.4 Å². The van der Waals surface area contributed by atoms with E-state index in [1.54, 1.807) is 14.2 Å². The Morgan fingerprint density at radius 1 is 0.850 bits per heavy atom. The van der Waals surface area contributed by atoms with Crippen molar-refractivity contribution in [1.29, 1.82) is 0 Å². The van der Waals surface area contributed by atoms with Crippen molar-refractivity contribution in [2.24, 2.45) is 11.8 Å². The Kier molecular flexibility index (Phi) is 9.20. The predicted molar refractivity (Wildman–Crippen MR) is 156 cm³/mol. The summed E-state index contributed by atoms with van der Waals surface area (Å²) in [6.45, 7) is 11.9. The van der Waals surface area contributed by atoms with Gasteiger partial charge in [0.15, 0.2) is 23.0 Å². The van der Waals surface area contributed by atoms with Crippen LogP contribution in [0.15, 0.2) is 12.1 Å². The van der Waals surface area contributed by atoms with Crippen LogP contribution in [0.2, 0.25) is 0 Å². The molecule has 0 radical (unpaired) electrons. The number of fused-ring (bicyclic) bond motifs is 2. The van der Waals surface area contributed by atoms with Crippen molar-refractivity contribution in [2.75, 3.05) is 41.4 Å². The van der Waals surface area contributed by atoms with Crippen molar-refractivity contribution in [1.82, 2.24) is 9.80 Å². The topological polar surface area (TPSA) is 80.7 Å². The minimum atomic E-state index is -0.479. The maximum atomic E-state index is 12.3. The van der Waals surface area contributed by atoms with Gasteiger partial charge in [0, 0.05) is 43.2 Å². The lowest BCUT2D eigenvalue weighted by Crippen LogP contribution is -2.33. The molecule has 2 aromatic carbocycles. The van der Waals surface area contributed by atoms with Crippen molar-refractivity contribution >= 4 is 5.97 Å². The molecular formula is C32H46N2O6. The van der Waals surface area contributed by atoms with Crippen LogP contribution in [0.1, 0.15) is 81.8 Å². The van der Waals surface area contributed by atoms with Gasteiger partial charge in [-0.2, -0.15) is 0 Å². The third kappa shape index (κ3) is 5.88. The molecule has 1 N–H and O–H groups in total. The van der Waals surface area contributed by atoms with E-state index in [2.05, 4.69) is 51.6 Å². The molecule has 0 saturated heterocycles. The van der Waals surface area contributed by atoms with E-state index in [1.807, 2.05) is 12.1 Å². The van der Waals surface area contributed by atoms with Crippen LogP contribution in [0.25, 0.3) is 0 Å². The average Bonchev–Trinajstić information content (AvgIpc) is 2.88. The molecule has 2 aliphatic rings. The smallest absolute Gasteiger partial charge is 0.308 e. The number of benzene rings is 2. The highest BCUT2D eigenvalue weighted by molar-refractivity contribution is 5.74. The highest BCUT2D eigenvalue weighted by atomic mass is 16.6. The number of aromatic hydroxyl groups is 1. The number of likely N-dealkylation sites (N-methyl/N-ethyl adjacent to an activating group) is 2. The molecule has 220 valence electrons. The third-order valence-electron chi connectivity index (χ3n) is 8.15. The Bertz CT molecular complexity index is 1240. The van der Waals surface area contributed by atoms with Gasteiger partial charge in [0.2, 0.25) is 11.5 Å². The van der Waals surface area contributed by atoms with E-state index in [1.165, 1.54) is 6.92 Å². The van der Waals surface area contributed by atoms with Gasteiger partial charge >= 0.3 is 5.97 Å². The van der Waals surface area contributed by atoms with Crippen LogP contribution in [0.3, 0.4) is 0 Å². The number of rotatable bonds is 9. The molecule has 0 unspecified atom stereocenters. The molecule has 0 bridgehead atoms. The third-order valence-corrected chi connectivity index (χ3v) is 8.15. The quantitative estimate of drug-likeness (QED) is 0.287. The molecule has 2 aromatic rings. The zero-order valence-electron chi connectivity index (χ0n) is 25.6. The van der Waals surface area contributed by atoms with Gasteiger partial charge in [0.25, 0.3) is 0 Å². The fourth-order valence-corrected chi connectivity index (χ4v) is 6.21. The van der Waals surface area contributed by atoms with Crippen LogP contribution in [-0.4, -0.2) is 62.3 Å². The molecule has 2 heterocycles. The zero-order chi connectivity index (χ0) is 29.3. The lowest BCUT2D eigenvalue weighted by Gasteiger charge is -2.38. The number of phenolic OH excluding ortho intramolecular Hbond substituents is 1. The Morgan fingerprint density at radius 3 is 1.80 bits per heavy atom. The number of esters is 1. The number of ether oxygens (including phenoxy) is 4. The molecule has 8 heteroatoms. The van der Waals surface area contributed by atoms with Crippen LogP contribution in [0.4, 0.5) is 0 Å². The zero-order valence-corrected chi connectivity index (χ0v) is 25.6. The normalized spacial score (nSPS) is 19.4. The second-order valence-electron chi connectivity index (χ2n) is 12.1. The summed E-state index contributed by atoms with van der Waals surface area (Å²) in [6.07, 6.45) is 3.39. The fourth-order valence-electron chi connectivity index (χ4n) is 6.21. The average molecular weight is 555 g/mol. The summed E-state index contributed by atoms with van der Waals surface area (Å²) >= 11 is 0. The molecule has 4 rings (SSSR count). The maximum Gasteiger partial charge on any atom is 0.308 e. The highest BCUT2D eigenvalue weighted by Gasteiger charge is 2.36. The Hall–Kier alpha value is -2.97. The number of nitrogens with zero attached hydrogens (tertiary/aromatic N) is 2. The molecule has 8 nitrogen and oxygen atoms in total. The van der Waals surface area contributed by atoms with Gasteiger partial charge < -0.3 is 24.1 Å². The first-order valence-electron chi connectivity index (χ1n) is 14.4. The molecule has 0 spiro atoms. The molecule has 0 amide bonds. The second kappa shape index (κ2) is 12.3. The highest BCUT2D eigenvalue weighted by Crippen LogP contribution is 2.55. The Balaban J connectivity index is 1.98. The van der Waals surface area contributed by atoms with E-state index in [-0.39, 0.29) is 29.3 Å². The number of carbonyl (C=O) groups is 1. The molecule has 0 saturated carbocycles. The van der Waals surface area contributed by atoms with Crippen molar-refractivity contribution < 1.29 is 28.8 Å². The van der Waals surface area contributed by atoms with Gasteiger partial charge in [-0.05, 0) is 74.9 Å². The standard InChI is InChI=1S/C32H46N2O6/c1-18(2)14-23-27-21(10-12-33(23)6)16-25(37-8)30(29(27)36)40-32-28-22(11-13-34(7)24(28)15-19(3)4)17-26(38-9)31(32)39-20(5)35/h16-19,23-24,36H,10-15H2,1-9H3/t23-,24-/m1/s1. The largest absolute Gasteiger partial charge is 0.504 e. The number of phenols is 1. The number of methoxy groups -OCH3 is 2. The van der Waals surface area contributed by atoms with E-state index >= 15 is 0 Å². The fraction of sp³-hybridized carbons (Fsp3) is 0.594. The van der Waals surface area contributed by atoms with E-state index in [4.69, 9.17) is 18.9 Å². The van der Waals surface area contributed by atoms with E-state index in [9.17, 15) is 9.90 Å². The van der Waals surface area contributed by atoms with E-state index in [0.29, 0.717) is 29.1 Å². The Labute approximate surface area is 239 Å². The molecule has 2 aliphatic heterocycles. The molecule has 0 aliphatic carbocycles. The summed E-state index contributed by atoms with van der Waals surface area (Å²) in [5.74, 6) is 2.15. The monoisotopic (exact) mass is 554 g/mol. The summed E-state index contributed by atoms with van der Waals surface area (Å²) < 4.78 is 24.0. The van der Waals surface area contributed by atoms with Crippen LogP contribution in [0.5, 0.6) is 34.5 Å². The van der Waals surface area contributed by atoms with Gasteiger partial charge in [-0.25, -0.2) is 0 Å². The summed E-state index contributed by atoms with van der Waals surface area (Å²) in [5, 5.41) is 11.9. The van der Waals surface area contributed by atoms with Crippen molar-refractivity contribution in [3.8, 4) is 34.5 Å². The lowest BCUT2D eigenvalue weighted by molar-refractivity contribution is -0.132. The molecule has 0 fully saturated rings. The Morgan fingerprint density at radius 2 is 1.32 bits per heavy atom. The van der Waals surface area contributed by atoms with Crippen LogP contribution >= 0.6 is 0 Å². The summed E-state index contributed by atoms with van der Waals surface area (Å²) in [7, 11) is 7.35. The van der Waals surface area contributed by atoms with E-state index in [0.717, 1.165) is 61.0 Å². The van der Waals surface area contributed by atoms with Gasteiger partial charge in [-0.3, -0.25) is 14.6 Å². The minimum Gasteiger partial charge on any atom is -0.504 e. The van der Waals surface area contributed by atoms with Gasteiger partial charge in [0.05, 0.1) is 14.2 Å². The van der Waals surface area contributed by atoms with E-state index < -0.39 is 5.97 Å². The number of hydrogen-bond acceptors (Lipinski definition) is 8. The molecular weight excluding hydrogens is 508 g/mol. The molecule has 0 aromatic heterocycles. The van der Waals surface area contributed by atoms with Crippen molar-refractivity contribution in [3.63, 3.8) is 0 Å². The molecule has 2 atom stereocenters. The minimum absolute atomic E-state index is 0.0320. The first-order chi connectivity index (χ1) is 19.0. The van der Waals surface area contributed by atoms with Crippen LogP contribution in [0, 0.1) is 11.8 Å². The second-order valence-corrected chi connectivity index (χ2v) is 12.1. The van der Waals surface area contributed by atoms with Crippen LogP contribution < -0.4 is 18.9 Å². The van der Waals surface area contributed by atoms with Gasteiger partial charge in [0.1, 0.15) is 0 Å². The summed E-state index contributed by atoms with van der Waals surface area (Å²) in [4.78, 5) is 16.9. The first-order valence-corrected chi connectivity index (χ1v) is 14.4. The van der Waals surface area contributed by atoms with Crippen LogP contribution in [-0.2, 0) is 17.6 Å². The summed E-state index contributed by atoms with van der Waals surface area (Å²) in [6, 6.07) is 4.02. The summed E-state index contributed by atoms with van der Waals surface area (Å²) in [5.41, 5.74) is 3.98. The van der Waals surface area contributed by atoms with Gasteiger partial charge in [-0.1, -0.05) is 27.7 Å².